The zero-order chi connectivity index (χ0) is 23.1. The highest BCUT2D eigenvalue weighted by molar-refractivity contribution is 5.96. The summed E-state index contributed by atoms with van der Waals surface area (Å²) in [6, 6.07) is 5.77. The van der Waals surface area contributed by atoms with E-state index in [9.17, 15) is 14.0 Å². The highest BCUT2D eigenvalue weighted by atomic mass is 19.1. The van der Waals surface area contributed by atoms with Crippen molar-refractivity contribution in [3.05, 3.63) is 52.6 Å². The Morgan fingerprint density at radius 2 is 2.03 bits per heavy atom. The second-order valence-corrected chi connectivity index (χ2v) is 8.83. The molecule has 1 N–H and O–H groups in total. The molecule has 1 aromatic heterocycles. The Bertz CT molecular complexity index is 955. The van der Waals surface area contributed by atoms with Crippen LogP contribution in [0.3, 0.4) is 0 Å². The molecule has 3 rings (SSSR count). The van der Waals surface area contributed by atoms with Crippen LogP contribution in [0.1, 0.15) is 65.7 Å². The number of aryl methyl sites for hydroxylation is 1. The van der Waals surface area contributed by atoms with Gasteiger partial charge in [0.1, 0.15) is 5.82 Å². The van der Waals surface area contributed by atoms with Gasteiger partial charge in [-0.25, -0.2) is 9.18 Å². The number of amides is 1. The first-order valence-corrected chi connectivity index (χ1v) is 11.2. The molecule has 8 heteroatoms. The average molecular weight is 446 g/mol. The van der Waals surface area contributed by atoms with Crippen LogP contribution < -0.4 is 5.32 Å². The van der Waals surface area contributed by atoms with Crippen molar-refractivity contribution < 1.29 is 23.5 Å². The quantitative estimate of drug-likeness (QED) is 0.688. The van der Waals surface area contributed by atoms with E-state index >= 15 is 0 Å². The van der Waals surface area contributed by atoms with Crippen LogP contribution in [-0.4, -0.2) is 48.0 Å². The summed E-state index contributed by atoms with van der Waals surface area (Å²) < 4.78 is 26.8. The molecule has 0 bridgehead atoms. The Kier molecular flexibility index (Phi) is 8.01. The van der Waals surface area contributed by atoms with Crippen molar-refractivity contribution in [3.63, 3.8) is 0 Å². The standard InChI is InChI=1S/C24H32FN3O4/c1-4-19-21-20(11-7-13-31-14-8-12-26-22(21)29)28(27-19)15-24(2,3)16-32-23(30)17-9-5-6-10-18(17)25/h5-6,9-10H,4,7-8,11-16H2,1-3H3,(H,26,29). The number of nitrogens with zero attached hydrogens (tertiary/aromatic N) is 2. The van der Waals surface area contributed by atoms with E-state index in [0.29, 0.717) is 44.7 Å². The predicted octanol–water partition coefficient (Wildman–Crippen LogP) is 3.55. The fourth-order valence-corrected chi connectivity index (χ4v) is 3.77. The minimum atomic E-state index is -0.693. The number of fused-ring (bicyclic) bond motifs is 1. The molecule has 0 aliphatic carbocycles. The molecule has 32 heavy (non-hydrogen) atoms. The second kappa shape index (κ2) is 10.7. The van der Waals surface area contributed by atoms with Gasteiger partial charge >= 0.3 is 5.97 Å². The van der Waals surface area contributed by atoms with Gasteiger partial charge in [0, 0.05) is 31.7 Å². The number of carbonyl (C=O) groups excluding carboxylic acids is 2. The van der Waals surface area contributed by atoms with Crippen LogP contribution in [0, 0.1) is 11.2 Å². The van der Waals surface area contributed by atoms with Crippen LogP contribution in [0.5, 0.6) is 0 Å². The predicted molar refractivity (Wildman–Crippen MR) is 118 cm³/mol. The lowest BCUT2D eigenvalue weighted by Gasteiger charge is -2.25. The molecule has 0 radical (unpaired) electrons. The number of halogens is 1. The maximum atomic E-state index is 13.9. The molecule has 7 nitrogen and oxygen atoms in total. The molecular formula is C24H32FN3O4. The van der Waals surface area contributed by atoms with Crippen LogP contribution in [-0.2, 0) is 28.9 Å². The largest absolute Gasteiger partial charge is 0.461 e. The van der Waals surface area contributed by atoms with Gasteiger partial charge in [-0.3, -0.25) is 9.48 Å². The van der Waals surface area contributed by atoms with Crippen LogP contribution in [0.25, 0.3) is 0 Å². The smallest absolute Gasteiger partial charge is 0.341 e. The molecular weight excluding hydrogens is 413 g/mol. The van der Waals surface area contributed by atoms with E-state index in [4.69, 9.17) is 14.6 Å². The topological polar surface area (TPSA) is 82.5 Å². The molecule has 1 aromatic carbocycles. The van der Waals surface area contributed by atoms with Gasteiger partial charge in [0.2, 0.25) is 0 Å². The molecule has 1 amide bonds. The van der Waals surface area contributed by atoms with E-state index in [1.54, 1.807) is 6.07 Å². The summed E-state index contributed by atoms with van der Waals surface area (Å²) in [6.07, 6.45) is 2.87. The van der Waals surface area contributed by atoms with E-state index < -0.39 is 17.2 Å². The summed E-state index contributed by atoms with van der Waals surface area (Å²) in [5, 5.41) is 7.70. The van der Waals surface area contributed by atoms with Crippen molar-refractivity contribution >= 4 is 11.9 Å². The number of benzene rings is 1. The zero-order valence-electron chi connectivity index (χ0n) is 19.1. The van der Waals surface area contributed by atoms with E-state index in [0.717, 1.165) is 24.2 Å². The van der Waals surface area contributed by atoms with Gasteiger partial charge in [-0.15, -0.1) is 0 Å². The molecule has 0 fully saturated rings. The summed E-state index contributed by atoms with van der Waals surface area (Å²) in [4.78, 5) is 25.2. The molecule has 0 spiro atoms. The third-order valence-corrected chi connectivity index (χ3v) is 5.41. The van der Waals surface area contributed by atoms with Crippen molar-refractivity contribution in [2.75, 3.05) is 26.4 Å². The number of carbonyl (C=O) groups is 2. The molecule has 0 unspecified atom stereocenters. The first-order chi connectivity index (χ1) is 15.3. The number of esters is 1. The lowest BCUT2D eigenvalue weighted by Crippen LogP contribution is -2.29. The minimum absolute atomic E-state index is 0.0826. The summed E-state index contributed by atoms with van der Waals surface area (Å²) in [5.74, 6) is -1.40. The number of nitrogens with one attached hydrogen (secondary N) is 1. The number of aromatic nitrogens is 2. The first kappa shape index (κ1) is 23.9. The van der Waals surface area contributed by atoms with E-state index in [2.05, 4.69) is 5.32 Å². The van der Waals surface area contributed by atoms with Crippen LogP contribution in [0.2, 0.25) is 0 Å². The fraction of sp³-hybridized carbons (Fsp3) is 0.542. The van der Waals surface area contributed by atoms with E-state index in [1.165, 1.54) is 18.2 Å². The molecule has 1 aliphatic rings. The lowest BCUT2D eigenvalue weighted by atomic mass is 9.94. The third kappa shape index (κ3) is 5.94. The molecule has 1 aliphatic heterocycles. The molecule has 0 atom stereocenters. The highest BCUT2D eigenvalue weighted by Gasteiger charge is 2.28. The van der Waals surface area contributed by atoms with Crippen LogP contribution in [0.15, 0.2) is 24.3 Å². The second-order valence-electron chi connectivity index (χ2n) is 8.83. The van der Waals surface area contributed by atoms with Crippen molar-refractivity contribution in [2.45, 2.75) is 53.0 Å². The summed E-state index contributed by atoms with van der Waals surface area (Å²) in [6.45, 7) is 8.25. The number of ether oxygens (including phenoxy) is 2. The van der Waals surface area contributed by atoms with Gasteiger partial charge in [0.15, 0.2) is 0 Å². The molecule has 0 saturated carbocycles. The zero-order valence-corrected chi connectivity index (χ0v) is 19.1. The Balaban J connectivity index is 1.78. The van der Waals surface area contributed by atoms with Crippen molar-refractivity contribution in [3.8, 4) is 0 Å². The van der Waals surface area contributed by atoms with Crippen LogP contribution in [0.4, 0.5) is 4.39 Å². The van der Waals surface area contributed by atoms with Gasteiger partial charge in [-0.2, -0.15) is 5.10 Å². The SMILES string of the molecule is CCc1nn(CC(C)(C)COC(=O)c2ccccc2F)c2c1C(=O)NCCCOCCC2. The van der Waals surface area contributed by atoms with E-state index in [-0.39, 0.29) is 18.1 Å². The van der Waals surface area contributed by atoms with Gasteiger partial charge in [-0.05, 0) is 37.8 Å². The summed E-state index contributed by atoms with van der Waals surface area (Å²) >= 11 is 0. The molecule has 0 saturated heterocycles. The van der Waals surface area contributed by atoms with Crippen molar-refractivity contribution in [1.29, 1.82) is 0 Å². The van der Waals surface area contributed by atoms with Crippen molar-refractivity contribution in [2.24, 2.45) is 5.41 Å². The van der Waals surface area contributed by atoms with Gasteiger partial charge < -0.3 is 14.8 Å². The Morgan fingerprint density at radius 1 is 1.28 bits per heavy atom. The number of rotatable bonds is 6. The van der Waals surface area contributed by atoms with E-state index in [1.807, 2.05) is 25.5 Å². The molecule has 2 heterocycles. The van der Waals surface area contributed by atoms with Gasteiger partial charge in [0.25, 0.3) is 5.91 Å². The Labute approximate surface area is 188 Å². The monoisotopic (exact) mass is 445 g/mol. The maximum Gasteiger partial charge on any atom is 0.341 e. The van der Waals surface area contributed by atoms with Crippen LogP contribution >= 0.6 is 0 Å². The average Bonchev–Trinajstić information content (AvgIpc) is 3.08. The maximum absolute atomic E-state index is 13.9. The normalized spacial score (nSPS) is 15.4. The van der Waals surface area contributed by atoms with Crippen molar-refractivity contribution in [1.82, 2.24) is 15.1 Å². The summed E-state index contributed by atoms with van der Waals surface area (Å²) in [7, 11) is 0. The molecule has 2 aromatic rings. The Morgan fingerprint density at radius 3 is 2.78 bits per heavy atom. The molecule has 174 valence electrons. The Hall–Kier alpha value is -2.74. The first-order valence-electron chi connectivity index (χ1n) is 11.2. The highest BCUT2D eigenvalue weighted by Crippen LogP contribution is 2.25. The third-order valence-electron chi connectivity index (χ3n) is 5.41. The van der Waals surface area contributed by atoms with Gasteiger partial charge in [-0.1, -0.05) is 32.9 Å². The minimum Gasteiger partial charge on any atom is -0.461 e. The number of hydrogen-bond donors (Lipinski definition) is 1. The summed E-state index contributed by atoms with van der Waals surface area (Å²) in [5.41, 5.74) is 1.72. The lowest BCUT2D eigenvalue weighted by molar-refractivity contribution is 0.0299. The fourth-order valence-electron chi connectivity index (χ4n) is 3.77. The number of hydrogen-bond acceptors (Lipinski definition) is 5. The van der Waals surface area contributed by atoms with Gasteiger partial charge in [0.05, 0.1) is 29.1 Å².